The minimum absolute atomic E-state index is 0.288. The van der Waals surface area contributed by atoms with Gasteiger partial charge in [-0.25, -0.2) is 0 Å². The molecule has 1 fully saturated rings. The van der Waals surface area contributed by atoms with Crippen LogP contribution >= 0.6 is 0 Å². The molecule has 1 aromatic rings. The van der Waals surface area contributed by atoms with E-state index in [0.717, 1.165) is 24.3 Å². The standard InChI is InChI=1S/C16H25NO/c1-12-8-9-15(10-13(12)2)16(18,11-17)14-6-4-3-5-7-14/h3-7,12-13,15,18H,8-11,17H2,1-2H3. The lowest BCUT2D eigenvalue weighted by Gasteiger charge is -2.42. The average Bonchev–Trinajstić information content (AvgIpc) is 2.42. The molecule has 1 aliphatic carbocycles. The summed E-state index contributed by atoms with van der Waals surface area (Å²) in [5.74, 6) is 1.72. The van der Waals surface area contributed by atoms with Crippen LogP contribution in [0.5, 0.6) is 0 Å². The third-order valence-corrected chi connectivity index (χ3v) is 4.86. The Morgan fingerprint density at radius 1 is 1.17 bits per heavy atom. The number of aliphatic hydroxyl groups is 1. The van der Waals surface area contributed by atoms with Gasteiger partial charge in [0.05, 0.1) is 0 Å². The van der Waals surface area contributed by atoms with E-state index in [0.29, 0.717) is 12.5 Å². The molecule has 3 N–H and O–H groups in total. The molecule has 0 spiro atoms. The largest absolute Gasteiger partial charge is 0.384 e. The zero-order chi connectivity index (χ0) is 13.2. The van der Waals surface area contributed by atoms with Crippen molar-refractivity contribution in [1.29, 1.82) is 0 Å². The number of benzene rings is 1. The van der Waals surface area contributed by atoms with Crippen molar-refractivity contribution < 1.29 is 5.11 Å². The predicted octanol–water partition coefficient (Wildman–Crippen LogP) is 2.91. The summed E-state index contributed by atoms with van der Waals surface area (Å²) in [7, 11) is 0. The van der Waals surface area contributed by atoms with Gasteiger partial charge in [0, 0.05) is 6.54 Å². The summed E-state index contributed by atoms with van der Waals surface area (Å²) in [6.07, 6.45) is 3.35. The first-order chi connectivity index (χ1) is 8.58. The third-order valence-electron chi connectivity index (χ3n) is 4.86. The minimum Gasteiger partial charge on any atom is -0.384 e. The van der Waals surface area contributed by atoms with Crippen LogP contribution in [0.15, 0.2) is 30.3 Å². The molecule has 0 heterocycles. The molecule has 4 unspecified atom stereocenters. The Kier molecular flexibility index (Phi) is 4.08. The lowest BCUT2D eigenvalue weighted by molar-refractivity contribution is -0.0451. The highest BCUT2D eigenvalue weighted by molar-refractivity contribution is 5.24. The smallest absolute Gasteiger partial charge is 0.105 e. The lowest BCUT2D eigenvalue weighted by Crippen LogP contribution is -2.45. The maximum Gasteiger partial charge on any atom is 0.105 e. The fourth-order valence-corrected chi connectivity index (χ4v) is 3.23. The minimum atomic E-state index is -0.852. The van der Waals surface area contributed by atoms with Gasteiger partial charge in [0.25, 0.3) is 0 Å². The zero-order valence-corrected chi connectivity index (χ0v) is 11.5. The van der Waals surface area contributed by atoms with Gasteiger partial charge in [0.1, 0.15) is 5.60 Å². The van der Waals surface area contributed by atoms with E-state index in [1.165, 1.54) is 6.42 Å². The summed E-state index contributed by atoms with van der Waals surface area (Å²) in [6.45, 7) is 4.91. The van der Waals surface area contributed by atoms with E-state index in [1.807, 2.05) is 30.3 Å². The molecule has 2 heteroatoms. The first-order valence-electron chi connectivity index (χ1n) is 7.06. The Labute approximate surface area is 110 Å². The van der Waals surface area contributed by atoms with Crippen LogP contribution in [-0.4, -0.2) is 11.7 Å². The second-order valence-corrected chi connectivity index (χ2v) is 5.96. The normalized spacial score (nSPS) is 31.9. The van der Waals surface area contributed by atoms with E-state index < -0.39 is 5.60 Å². The van der Waals surface area contributed by atoms with Crippen LogP contribution in [0.1, 0.15) is 38.7 Å². The van der Waals surface area contributed by atoms with E-state index in [1.54, 1.807) is 0 Å². The SMILES string of the molecule is CC1CCC(C(O)(CN)c2ccccc2)CC1C. The molecule has 0 aliphatic heterocycles. The number of hydrogen-bond donors (Lipinski definition) is 2. The molecule has 2 rings (SSSR count). The van der Waals surface area contributed by atoms with Crippen molar-refractivity contribution >= 4 is 0 Å². The van der Waals surface area contributed by atoms with Crippen LogP contribution < -0.4 is 5.73 Å². The monoisotopic (exact) mass is 247 g/mol. The van der Waals surface area contributed by atoms with E-state index in [-0.39, 0.29) is 5.92 Å². The quantitative estimate of drug-likeness (QED) is 0.862. The Morgan fingerprint density at radius 3 is 2.39 bits per heavy atom. The van der Waals surface area contributed by atoms with Crippen molar-refractivity contribution in [2.45, 2.75) is 38.7 Å². The Bertz CT molecular complexity index is 378. The van der Waals surface area contributed by atoms with E-state index in [9.17, 15) is 5.11 Å². The molecular formula is C16H25NO. The number of rotatable bonds is 3. The van der Waals surface area contributed by atoms with E-state index in [2.05, 4.69) is 13.8 Å². The van der Waals surface area contributed by atoms with Gasteiger partial charge in [-0.15, -0.1) is 0 Å². The average molecular weight is 247 g/mol. The fourth-order valence-electron chi connectivity index (χ4n) is 3.23. The first-order valence-corrected chi connectivity index (χ1v) is 7.06. The molecule has 2 nitrogen and oxygen atoms in total. The molecule has 1 aliphatic rings. The third kappa shape index (κ3) is 2.45. The second kappa shape index (κ2) is 5.41. The first kappa shape index (κ1) is 13.6. The fraction of sp³-hybridized carbons (Fsp3) is 0.625. The highest BCUT2D eigenvalue weighted by Gasteiger charge is 2.40. The molecular weight excluding hydrogens is 222 g/mol. The van der Waals surface area contributed by atoms with E-state index in [4.69, 9.17) is 5.73 Å². The van der Waals surface area contributed by atoms with Crippen LogP contribution in [0.4, 0.5) is 0 Å². The molecule has 0 radical (unpaired) electrons. The Balaban J connectivity index is 2.23. The Hall–Kier alpha value is -0.860. The molecule has 0 aromatic heterocycles. The van der Waals surface area contributed by atoms with Gasteiger partial charge in [-0.05, 0) is 36.2 Å². The molecule has 0 bridgehead atoms. The van der Waals surface area contributed by atoms with Crippen molar-refractivity contribution in [3.8, 4) is 0 Å². The van der Waals surface area contributed by atoms with Crippen LogP contribution in [0.3, 0.4) is 0 Å². The number of nitrogens with two attached hydrogens (primary N) is 1. The van der Waals surface area contributed by atoms with Crippen LogP contribution in [0.25, 0.3) is 0 Å². The maximum atomic E-state index is 11.0. The van der Waals surface area contributed by atoms with Crippen molar-refractivity contribution in [2.24, 2.45) is 23.5 Å². The van der Waals surface area contributed by atoms with Crippen molar-refractivity contribution in [2.75, 3.05) is 6.54 Å². The van der Waals surface area contributed by atoms with E-state index >= 15 is 0 Å². The highest BCUT2D eigenvalue weighted by atomic mass is 16.3. The van der Waals surface area contributed by atoms with Crippen LogP contribution in [0.2, 0.25) is 0 Å². The highest BCUT2D eigenvalue weighted by Crippen LogP contribution is 2.42. The summed E-state index contributed by atoms with van der Waals surface area (Å²) in [4.78, 5) is 0. The topological polar surface area (TPSA) is 46.2 Å². The molecule has 1 saturated carbocycles. The summed E-state index contributed by atoms with van der Waals surface area (Å²) >= 11 is 0. The molecule has 18 heavy (non-hydrogen) atoms. The summed E-state index contributed by atoms with van der Waals surface area (Å²) < 4.78 is 0. The zero-order valence-electron chi connectivity index (χ0n) is 11.5. The Morgan fingerprint density at radius 2 is 1.83 bits per heavy atom. The summed E-state index contributed by atoms with van der Waals surface area (Å²) in [5, 5.41) is 11.0. The van der Waals surface area contributed by atoms with Gasteiger partial charge >= 0.3 is 0 Å². The van der Waals surface area contributed by atoms with Crippen LogP contribution in [-0.2, 0) is 5.60 Å². The van der Waals surface area contributed by atoms with Gasteiger partial charge < -0.3 is 10.8 Å². The molecule has 4 atom stereocenters. The van der Waals surface area contributed by atoms with Crippen LogP contribution in [0, 0.1) is 17.8 Å². The van der Waals surface area contributed by atoms with Crippen molar-refractivity contribution in [3.05, 3.63) is 35.9 Å². The predicted molar refractivity (Wildman–Crippen MR) is 75.1 cm³/mol. The molecule has 100 valence electrons. The number of hydrogen-bond acceptors (Lipinski definition) is 2. The molecule has 0 saturated heterocycles. The molecule has 1 aromatic carbocycles. The maximum absolute atomic E-state index is 11.0. The van der Waals surface area contributed by atoms with Gasteiger partial charge in [-0.1, -0.05) is 50.6 Å². The van der Waals surface area contributed by atoms with Gasteiger partial charge in [-0.3, -0.25) is 0 Å². The van der Waals surface area contributed by atoms with Gasteiger partial charge in [0.2, 0.25) is 0 Å². The lowest BCUT2D eigenvalue weighted by atomic mass is 9.67. The van der Waals surface area contributed by atoms with Gasteiger partial charge in [-0.2, -0.15) is 0 Å². The van der Waals surface area contributed by atoms with Crippen molar-refractivity contribution in [3.63, 3.8) is 0 Å². The summed E-state index contributed by atoms with van der Waals surface area (Å²) in [5.41, 5.74) is 6.02. The summed E-state index contributed by atoms with van der Waals surface area (Å²) in [6, 6.07) is 9.92. The second-order valence-electron chi connectivity index (χ2n) is 5.96. The van der Waals surface area contributed by atoms with Crippen molar-refractivity contribution in [1.82, 2.24) is 0 Å². The molecule has 0 amide bonds. The van der Waals surface area contributed by atoms with Gasteiger partial charge in [0.15, 0.2) is 0 Å².